The molecule has 0 aliphatic carbocycles. The smallest absolute Gasteiger partial charge is 0.255 e. The standard InChI is InChI=1S/C15H13BrF2N2O/c16-11-7-14(13(18)8-12(11)17)20-15(21)10-3-1-9(2-4-10)5-6-19/h1-4,7-8H,5-6,19H2,(H,20,21). The van der Waals surface area contributed by atoms with Crippen LogP contribution in [0.2, 0.25) is 0 Å². The third kappa shape index (κ3) is 3.86. The number of hydrogen-bond acceptors (Lipinski definition) is 2. The number of benzene rings is 2. The summed E-state index contributed by atoms with van der Waals surface area (Å²) in [6.45, 7) is 0.528. The topological polar surface area (TPSA) is 55.1 Å². The van der Waals surface area contributed by atoms with E-state index in [1.807, 2.05) is 0 Å². The van der Waals surface area contributed by atoms with Crippen molar-refractivity contribution in [3.63, 3.8) is 0 Å². The van der Waals surface area contributed by atoms with Gasteiger partial charge in [0.2, 0.25) is 0 Å². The highest BCUT2D eigenvalue weighted by molar-refractivity contribution is 9.10. The van der Waals surface area contributed by atoms with Crippen LogP contribution >= 0.6 is 15.9 Å². The van der Waals surface area contributed by atoms with Crippen molar-refractivity contribution in [2.45, 2.75) is 6.42 Å². The third-order valence-electron chi connectivity index (χ3n) is 2.91. The number of rotatable bonds is 4. The first-order valence-corrected chi connectivity index (χ1v) is 7.05. The van der Waals surface area contributed by atoms with Gasteiger partial charge in [0.15, 0.2) is 0 Å². The number of nitrogens with one attached hydrogen (secondary N) is 1. The highest BCUT2D eigenvalue weighted by Crippen LogP contribution is 2.24. The van der Waals surface area contributed by atoms with E-state index in [1.54, 1.807) is 24.3 Å². The van der Waals surface area contributed by atoms with Gasteiger partial charge >= 0.3 is 0 Å². The lowest BCUT2D eigenvalue weighted by Gasteiger charge is -2.08. The maximum Gasteiger partial charge on any atom is 0.255 e. The molecule has 0 radical (unpaired) electrons. The Morgan fingerprint density at radius 1 is 1.14 bits per heavy atom. The van der Waals surface area contributed by atoms with Gasteiger partial charge in [0, 0.05) is 11.6 Å². The van der Waals surface area contributed by atoms with Crippen molar-refractivity contribution in [2.24, 2.45) is 5.73 Å². The Labute approximate surface area is 129 Å². The van der Waals surface area contributed by atoms with Gasteiger partial charge in [-0.15, -0.1) is 0 Å². The van der Waals surface area contributed by atoms with E-state index in [9.17, 15) is 13.6 Å². The molecule has 21 heavy (non-hydrogen) atoms. The van der Waals surface area contributed by atoms with Gasteiger partial charge in [0.1, 0.15) is 11.6 Å². The quantitative estimate of drug-likeness (QED) is 0.825. The first-order valence-electron chi connectivity index (χ1n) is 6.26. The van der Waals surface area contributed by atoms with E-state index >= 15 is 0 Å². The van der Waals surface area contributed by atoms with Crippen LogP contribution in [0.4, 0.5) is 14.5 Å². The van der Waals surface area contributed by atoms with E-state index in [0.717, 1.165) is 12.0 Å². The van der Waals surface area contributed by atoms with Crippen LogP contribution in [-0.4, -0.2) is 12.5 Å². The van der Waals surface area contributed by atoms with Crippen molar-refractivity contribution in [2.75, 3.05) is 11.9 Å². The second-order valence-electron chi connectivity index (χ2n) is 4.44. The molecule has 0 aliphatic heterocycles. The Bertz CT molecular complexity index is 659. The number of halogens is 3. The van der Waals surface area contributed by atoms with Gasteiger partial charge in [-0.3, -0.25) is 4.79 Å². The van der Waals surface area contributed by atoms with E-state index in [1.165, 1.54) is 6.07 Å². The molecular weight excluding hydrogens is 342 g/mol. The van der Waals surface area contributed by atoms with Crippen molar-refractivity contribution < 1.29 is 13.6 Å². The highest BCUT2D eigenvalue weighted by Gasteiger charge is 2.12. The summed E-state index contributed by atoms with van der Waals surface area (Å²) in [4.78, 5) is 12.0. The van der Waals surface area contributed by atoms with Crippen molar-refractivity contribution in [1.82, 2.24) is 0 Å². The molecule has 0 atom stereocenters. The maximum absolute atomic E-state index is 13.6. The average molecular weight is 355 g/mol. The molecule has 0 saturated heterocycles. The van der Waals surface area contributed by atoms with Gasteiger partial charge in [-0.2, -0.15) is 0 Å². The fourth-order valence-corrected chi connectivity index (χ4v) is 2.15. The van der Waals surface area contributed by atoms with Crippen molar-refractivity contribution >= 4 is 27.5 Å². The predicted octanol–water partition coefficient (Wildman–Crippen LogP) is 3.48. The SMILES string of the molecule is NCCc1ccc(C(=O)Nc2cc(Br)c(F)cc2F)cc1. The van der Waals surface area contributed by atoms with Crippen LogP contribution in [0.3, 0.4) is 0 Å². The van der Waals surface area contributed by atoms with E-state index < -0.39 is 17.5 Å². The molecule has 3 nitrogen and oxygen atoms in total. The van der Waals surface area contributed by atoms with Crippen molar-refractivity contribution in [3.05, 3.63) is 63.6 Å². The maximum atomic E-state index is 13.6. The van der Waals surface area contributed by atoms with Gasteiger partial charge < -0.3 is 11.1 Å². The molecule has 3 N–H and O–H groups in total. The summed E-state index contributed by atoms with van der Waals surface area (Å²) in [5.41, 5.74) is 6.77. The fraction of sp³-hybridized carbons (Fsp3) is 0.133. The number of carbonyl (C=O) groups excluding carboxylic acids is 1. The largest absolute Gasteiger partial charge is 0.330 e. The Balaban J connectivity index is 2.16. The molecule has 6 heteroatoms. The zero-order valence-corrected chi connectivity index (χ0v) is 12.6. The second-order valence-corrected chi connectivity index (χ2v) is 5.29. The van der Waals surface area contributed by atoms with Crippen molar-refractivity contribution in [3.8, 4) is 0 Å². The molecular formula is C15H13BrF2N2O. The summed E-state index contributed by atoms with van der Waals surface area (Å²) < 4.78 is 26.8. The Kier molecular flexibility index (Phi) is 5.03. The normalized spacial score (nSPS) is 10.5. The van der Waals surface area contributed by atoms with Gasteiger partial charge in [-0.25, -0.2) is 8.78 Å². The molecule has 2 aromatic carbocycles. The molecule has 0 saturated carbocycles. The summed E-state index contributed by atoms with van der Waals surface area (Å²) in [5, 5.41) is 2.41. The number of hydrogen-bond donors (Lipinski definition) is 2. The molecule has 0 spiro atoms. The molecule has 2 rings (SSSR count). The molecule has 0 heterocycles. The minimum atomic E-state index is -0.830. The fourth-order valence-electron chi connectivity index (χ4n) is 1.80. The summed E-state index contributed by atoms with van der Waals surface area (Å²) in [5.74, 6) is -2.02. The van der Waals surface area contributed by atoms with Gasteiger partial charge in [-0.05, 0) is 52.7 Å². The zero-order valence-electron chi connectivity index (χ0n) is 11.0. The van der Waals surface area contributed by atoms with Gasteiger partial charge in [-0.1, -0.05) is 12.1 Å². The van der Waals surface area contributed by atoms with Crippen LogP contribution in [0.5, 0.6) is 0 Å². The number of nitrogens with two attached hydrogens (primary N) is 1. The lowest BCUT2D eigenvalue weighted by molar-refractivity contribution is 0.102. The van der Waals surface area contributed by atoms with Gasteiger partial charge in [0.05, 0.1) is 10.2 Å². The molecule has 0 unspecified atom stereocenters. The minimum absolute atomic E-state index is 0.0810. The molecule has 2 aromatic rings. The Hall–Kier alpha value is -1.79. The molecule has 1 amide bonds. The Morgan fingerprint density at radius 3 is 2.43 bits per heavy atom. The number of anilines is 1. The summed E-state index contributed by atoms with van der Waals surface area (Å²) in [6, 6.07) is 8.75. The molecule has 110 valence electrons. The van der Waals surface area contributed by atoms with E-state index in [-0.39, 0.29) is 10.2 Å². The van der Waals surface area contributed by atoms with Crippen LogP contribution in [-0.2, 0) is 6.42 Å². The monoisotopic (exact) mass is 354 g/mol. The van der Waals surface area contributed by atoms with Crippen LogP contribution in [0.25, 0.3) is 0 Å². The molecule has 0 fully saturated rings. The zero-order chi connectivity index (χ0) is 15.4. The first-order chi connectivity index (χ1) is 10.0. The van der Waals surface area contributed by atoms with Crippen molar-refractivity contribution in [1.29, 1.82) is 0 Å². The van der Waals surface area contributed by atoms with Crippen LogP contribution in [0.15, 0.2) is 40.9 Å². The van der Waals surface area contributed by atoms with Crippen LogP contribution in [0.1, 0.15) is 15.9 Å². The van der Waals surface area contributed by atoms with Crippen LogP contribution in [0, 0.1) is 11.6 Å². The van der Waals surface area contributed by atoms with E-state index in [2.05, 4.69) is 21.2 Å². The minimum Gasteiger partial charge on any atom is -0.330 e. The lowest BCUT2D eigenvalue weighted by Crippen LogP contribution is -2.13. The van der Waals surface area contributed by atoms with Gasteiger partial charge in [0.25, 0.3) is 5.91 Å². The highest BCUT2D eigenvalue weighted by atomic mass is 79.9. The first kappa shape index (κ1) is 15.6. The molecule has 0 aliphatic rings. The summed E-state index contributed by atoms with van der Waals surface area (Å²) in [7, 11) is 0. The summed E-state index contributed by atoms with van der Waals surface area (Å²) >= 11 is 2.95. The summed E-state index contributed by atoms with van der Waals surface area (Å²) in [6.07, 6.45) is 0.724. The average Bonchev–Trinajstić information content (AvgIpc) is 2.46. The van der Waals surface area contributed by atoms with E-state index in [4.69, 9.17) is 5.73 Å². The molecule has 0 bridgehead atoms. The van der Waals surface area contributed by atoms with E-state index in [0.29, 0.717) is 18.2 Å². The lowest BCUT2D eigenvalue weighted by atomic mass is 10.1. The van der Waals surface area contributed by atoms with Crippen LogP contribution < -0.4 is 11.1 Å². The molecule has 0 aromatic heterocycles. The number of carbonyl (C=O) groups is 1. The predicted molar refractivity (Wildman–Crippen MR) is 81.2 cm³/mol. The second kappa shape index (κ2) is 6.78. The Morgan fingerprint density at radius 2 is 1.81 bits per heavy atom. The number of amides is 1. The third-order valence-corrected chi connectivity index (χ3v) is 3.52.